The van der Waals surface area contributed by atoms with Crippen molar-refractivity contribution < 1.29 is 9.53 Å². The second-order valence-electron chi connectivity index (χ2n) is 5.68. The van der Waals surface area contributed by atoms with Gasteiger partial charge in [0.25, 0.3) is 0 Å². The minimum Gasteiger partial charge on any atom is -0.438 e. The standard InChI is InChI=1S/C15H20N2O2/c1-11(2)17-9-7-15(8-10-17)12-5-3-4-6-13(12)16-14(18)19-15/h3-6,11H,7-10H2,1-2H3,(H,16,18). The highest BCUT2D eigenvalue weighted by molar-refractivity contribution is 5.88. The van der Waals surface area contributed by atoms with E-state index in [-0.39, 0.29) is 6.09 Å². The van der Waals surface area contributed by atoms with Gasteiger partial charge in [-0.1, -0.05) is 18.2 Å². The number of anilines is 1. The number of rotatable bonds is 1. The van der Waals surface area contributed by atoms with Crippen molar-refractivity contribution in [1.82, 2.24) is 4.90 Å². The van der Waals surface area contributed by atoms with Crippen LogP contribution in [0.5, 0.6) is 0 Å². The third kappa shape index (κ3) is 2.10. The molecule has 1 fully saturated rings. The quantitative estimate of drug-likeness (QED) is 0.844. The van der Waals surface area contributed by atoms with E-state index in [9.17, 15) is 4.79 Å². The van der Waals surface area contributed by atoms with Crippen molar-refractivity contribution in [3.63, 3.8) is 0 Å². The Balaban J connectivity index is 1.91. The van der Waals surface area contributed by atoms with Gasteiger partial charge in [0.2, 0.25) is 0 Å². The molecule has 2 aliphatic heterocycles. The number of ether oxygens (including phenoxy) is 1. The number of fused-ring (bicyclic) bond motifs is 2. The first-order valence-electron chi connectivity index (χ1n) is 6.94. The summed E-state index contributed by atoms with van der Waals surface area (Å²) in [6.07, 6.45) is 1.42. The number of carbonyl (C=O) groups excluding carboxylic acids is 1. The zero-order valence-corrected chi connectivity index (χ0v) is 11.5. The van der Waals surface area contributed by atoms with E-state index < -0.39 is 5.60 Å². The number of benzene rings is 1. The maximum atomic E-state index is 11.8. The minimum absolute atomic E-state index is 0.323. The normalized spacial score (nSPS) is 21.9. The van der Waals surface area contributed by atoms with Gasteiger partial charge >= 0.3 is 6.09 Å². The van der Waals surface area contributed by atoms with Gasteiger partial charge in [-0.15, -0.1) is 0 Å². The molecule has 0 aromatic heterocycles. The molecular formula is C15H20N2O2. The third-order valence-corrected chi connectivity index (χ3v) is 4.28. The number of carbonyl (C=O) groups is 1. The van der Waals surface area contributed by atoms with Crippen LogP contribution in [0.3, 0.4) is 0 Å². The van der Waals surface area contributed by atoms with E-state index in [2.05, 4.69) is 30.1 Å². The van der Waals surface area contributed by atoms with Crippen molar-refractivity contribution in [1.29, 1.82) is 0 Å². The molecule has 4 nitrogen and oxygen atoms in total. The van der Waals surface area contributed by atoms with E-state index in [1.54, 1.807) is 0 Å². The smallest absolute Gasteiger partial charge is 0.412 e. The third-order valence-electron chi connectivity index (χ3n) is 4.28. The van der Waals surface area contributed by atoms with Crippen molar-refractivity contribution in [2.24, 2.45) is 0 Å². The second-order valence-corrected chi connectivity index (χ2v) is 5.68. The van der Waals surface area contributed by atoms with Crippen LogP contribution in [0.4, 0.5) is 10.5 Å². The fourth-order valence-corrected chi connectivity index (χ4v) is 3.13. The van der Waals surface area contributed by atoms with E-state index in [0.717, 1.165) is 37.2 Å². The molecule has 1 amide bonds. The first kappa shape index (κ1) is 12.5. The van der Waals surface area contributed by atoms with Gasteiger partial charge < -0.3 is 9.64 Å². The fraction of sp³-hybridized carbons (Fsp3) is 0.533. The maximum absolute atomic E-state index is 11.8. The molecule has 19 heavy (non-hydrogen) atoms. The minimum atomic E-state index is -0.426. The molecule has 0 bridgehead atoms. The Morgan fingerprint density at radius 2 is 1.95 bits per heavy atom. The average molecular weight is 260 g/mol. The van der Waals surface area contributed by atoms with Crippen LogP contribution in [0.15, 0.2) is 24.3 Å². The van der Waals surface area contributed by atoms with Gasteiger partial charge in [-0.25, -0.2) is 4.79 Å². The number of likely N-dealkylation sites (tertiary alicyclic amines) is 1. The van der Waals surface area contributed by atoms with E-state index in [1.165, 1.54) is 0 Å². The predicted octanol–water partition coefficient (Wildman–Crippen LogP) is 2.95. The molecule has 3 rings (SSSR count). The molecule has 4 heteroatoms. The Labute approximate surface area is 113 Å². The lowest BCUT2D eigenvalue weighted by Crippen LogP contribution is -2.49. The lowest BCUT2D eigenvalue weighted by molar-refractivity contribution is -0.0430. The molecule has 2 aliphatic rings. The number of amides is 1. The lowest BCUT2D eigenvalue weighted by Gasteiger charge is -2.45. The molecule has 1 aromatic carbocycles. The molecule has 2 heterocycles. The zero-order chi connectivity index (χ0) is 13.5. The highest BCUT2D eigenvalue weighted by Crippen LogP contribution is 2.43. The molecule has 1 saturated heterocycles. The fourth-order valence-electron chi connectivity index (χ4n) is 3.13. The van der Waals surface area contributed by atoms with E-state index >= 15 is 0 Å². The van der Waals surface area contributed by atoms with Gasteiger partial charge in [0.05, 0.1) is 5.69 Å². The lowest BCUT2D eigenvalue weighted by atomic mass is 9.82. The summed E-state index contributed by atoms with van der Waals surface area (Å²) in [5, 5.41) is 2.79. The summed E-state index contributed by atoms with van der Waals surface area (Å²) in [5.41, 5.74) is 1.60. The maximum Gasteiger partial charge on any atom is 0.412 e. The first-order valence-corrected chi connectivity index (χ1v) is 6.94. The Hall–Kier alpha value is -1.55. The summed E-state index contributed by atoms with van der Waals surface area (Å²) in [4.78, 5) is 14.2. The molecular weight excluding hydrogens is 240 g/mol. The number of piperidine rings is 1. The van der Waals surface area contributed by atoms with Crippen LogP contribution in [0.25, 0.3) is 0 Å². The number of para-hydroxylation sites is 1. The SMILES string of the molecule is CC(C)N1CCC2(CC1)OC(=O)Nc1ccccc12. The second kappa shape index (κ2) is 4.53. The van der Waals surface area contributed by atoms with Crippen LogP contribution in [0, 0.1) is 0 Å². The van der Waals surface area contributed by atoms with Crippen LogP contribution < -0.4 is 5.32 Å². The molecule has 0 radical (unpaired) electrons. The van der Waals surface area contributed by atoms with Gasteiger partial charge in [0.1, 0.15) is 5.60 Å². The van der Waals surface area contributed by atoms with Crippen molar-refractivity contribution in [2.75, 3.05) is 18.4 Å². The Kier molecular flexibility index (Phi) is 2.97. The zero-order valence-electron chi connectivity index (χ0n) is 11.5. The number of hydrogen-bond acceptors (Lipinski definition) is 3. The summed E-state index contributed by atoms with van der Waals surface area (Å²) in [6, 6.07) is 8.52. The molecule has 0 aliphatic carbocycles. The number of nitrogens with one attached hydrogen (secondary N) is 1. The Morgan fingerprint density at radius 1 is 1.26 bits per heavy atom. The molecule has 0 saturated carbocycles. The average Bonchev–Trinajstić information content (AvgIpc) is 2.39. The molecule has 1 N–H and O–H groups in total. The van der Waals surface area contributed by atoms with Gasteiger partial charge in [-0.3, -0.25) is 5.32 Å². The summed E-state index contributed by atoms with van der Waals surface area (Å²) >= 11 is 0. The van der Waals surface area contributed by atoms with Crippen molar-refractivity contribution in [3.8, 4) is 0 Å². The topological polar surface area (TPSA) is 41.6 Å². The van der Waals surface area contributed by atoms with E-state index in [1.807, 2.05) is 18.2 Å². The largest absolute Gasteiger partial charge is 0.438 e. The van der Waals surface area contributed by atoms with Crippen molar-refractivity contribution >= 4 is 11.8 Å². The Morgan fingerprint density at radius 3 is 2.63 bits per heavy atom. The monoisotopic (exact) mass is 260 g/mol. The first-order chi connectivity index (χ1) is 9.11. The summed E-state index contributed by atoms with van der Waals surface area (Å²) in [7, 11) is 0. The van der Waals surface area contributed by atoms with Crippen molar-refractivity contribution in [3.05, 3.63) is 29.8 Å². The summed E-state index contributed by atoms with van der Waals surface area (Å²) < 4.78 is 5.69. The van der Waals surface area contributed by atoms with Crippen LogP contribution in [-0.2, 0) is 10.3 Å². The molecule has 0 atom stereocenters. The van der Waals surface area contributed by atoms with E-state index in [4.69, 9.17) is 4.74 Å². The van der Waals surface area contributed by atoms with Gasteiger partial charge in [0.15, 0.2) is 0 Å². The molecule has 0 unspecified atom stereocenters. The van der Waals surface area contributed by atoms with Crippen LogP contribution in [0.2, 0.25) is 0 Å². The molecule has 1 spiro atoms. The molecule has 102 valence electrons. The van der Waals surface area contributed by atoms with E-state index in [0.29, 0.717) is 6.04 Å². The van der Waals surface area contributed by atoms with Crippen LogP contribution >= 0.6 is 0 Å². The van der Waals surface area contributed by atoms with Gasteiger partial charge in [0, 0.05) is 37.5 Å². The number of hydrogen-bond donors (Lipinski definition) is 1. The molecule has 1 aromatic rings. The predicted molar refractivity (Wildman–Crippen MR) is 74.2 cm³/mol. The summed E-state index contributed by atoms with van der Waals surface area (Å²) in [5.74, 6) is 0. The van der Waals surface area contributed by atoms with Crippen molar-refractivity contribution in [2.45, 2.75) is 38.3 Å². The Bertz CT molecular complexity index is 491. The van der Waals surface area contributed by atoms with Crippen LogP contribution in [-0.4, -0.2) is 30.1 Å². The highest BCUT2D eigenvalue weighted by atomic mass is 16.6. The highest BCUT2D eigenvalue weighted by Gasteiger charge is 2.44. The van der Waals surface area contributed by atoms with Gasteiger partial charge in [-0.05, 0) is 19.9 Å². The van der Waals surface area contributed by atoms with Crippen LogP contribution in [0.1, 0.15) is 32.3 Å². The van der Waals surface area contributed by atoms with Gasteiger partial charge in [-0.2, -0.15) is 0 Å². The number of nitrogens with zero attached hydrogens (tertiary/aromatic N) is 1. The summed E-state index contributed by atoms with van der Waals surface area (Å²) in [6.45, 7) is 6.36.